The zero-order valence-corrected chi connectivity index (χ0v) is 17.1. The van der Waals surface area contributed by atoms with Gasteiger partial charge in [-0.3, -0.25) is 0 Å². The lowest BCUT2D eigenvalue weighted by molar-refractivity contribution is 0.582. The number of anilines is 2. The van der Waals surface area contributed by atoms with E-state index in [2.05, 4.69) is 10.3 Å². The van der Waals surface area contributed by atoms with E-state index in [1.165, 1.54) is 35.6 Å². The molecule has 142 valence electrons. The molecule has 0 unspecified atom stereocenters. The largest absolute Gasteiger partial charge is 0.418 e. The normalized spacial score (nSPS) is 11.5. The summed E-state index contributed by atoms with van der Waals surface area (Å²) < 4.78 is 32.2. The maximum atomic E-state index is 13.2. The third kappa shape index (κ3) is 3.69. The molecule has 2 aromatic carbocycles. The van der Waals surface area contributed by atoms with Crippen molar-refractivity contribution in [2.45, 2.75) is 16.8 Å². The van der Waals surface area contributed by atoms with Crippen LogP contribution in [0.25, 0.3) is 10.8 Å². The average molecular weight is 431 g/mol. The summed E-state index contributed by atoms with van der Waals surface area (Å²) in [4.78, 5) is 5.13. The molecule has 5 nitrogen and oxygen atoms in total. The van der Waals surface area contributed by atoms with Crippen LogP contribution in [0.15, 0.2) is 80.4 Å². The maximum Gasteiger partial charge on any atom is 0.240 e. The maximum absolute atomic E-state index is 13.2. The quantitative estimate of drug-likeness (QED) is 0.424. The number of benzene rings is 2. The number of oxazole rings is 1. The highest BCUT2D eigenvalue weighted by Gasteiger charge is 2.29. The molecule has 2 aromatic heterocycles. The van der Waals surface area contributed by atoms with Gasteiger partial charge in [-0.05, 0) is 54.8 Å². The van der Waals surface area contributed by atoms with Crippen LogP contribution in [0.5, 0.6) is 0 Å². The molecule has 4 aromatic rings. The number of hydrogen-bond acceptors (Lipinski definition) is 6. The minimum atomic E-state index is -3.91. The minimum Gasteiger partial charge on any atom is -0.418 e. The Bertz CT molecular complexity index is 1200. The van der Waals surface area contributed by atoms with Crippen LogP contribution >= 0.6 is 22.9 Å². The summed E-state index contributed by atoms with van der Waals surface area (Å²) in [5.74, 6) is 0.319. The minimum absolute atomic E-state index is 0.0715. The average Bonchev–Trinajstić information content (AvgIpc) is 3.34. The highest BCUT2D eigenvalue weighted by molar-refractivity contribution is 7.91. The van der Waals surface area contributed by atoms with Gasteiger partial charge in [0.05, 0.1) is 9.77 Å². The van der Waals surface area contributed by atoms with Gasteiger partial charge in [-0.2, -0.15) is 4.98 Å². The third-order valence-electron chi connectivity index (χ3n) is 4.02. The Balaban J connectivity index is 1.82. The van der Waals surface area contributed by atoms with Gasteiger partial charge >= 0.3 is 0 Å². The molecule has 0 bridgehead atoms. The Hall–Kier alpha value is -2.61. The fourth-order valence-electron chi connectivity index (χ4n) is 2.57. The summed E-state index contributed by atoms with van der Waals surface area (Å²) in [6.45, 7) is 1.98. The second-order valence-corrected chi connectivity index (χ2v) is 9.33. The number of nitrogens with zero attached hydrogens (tertiary/aromatic N) is 1. The van der Waals surface area contributed by atoms with E-state index in [-0.39, 0.29) is 21.7 Å². The standard InChI is InChI=1S/C20H15ClN2O3S2/c1-13-4-8-15(9-5-13)22-19-20(23-18(26-19)17-3-2-12-27-17)28(24,25)16-10-6-14(21)7-11-16/h2-12,22H,1H3. The summed E-state index contributed by atoms with van der Waals surface area (Å²) in [7, 11) is -3.91. The Morgan fingerprint density at radius 3 is 2.39 bits per heavy atom. The number of rotatable bonds is 5. The number of sulfone groups is 1. The molecule has 4 rings (SSSR count). The number of thiophene rings is 1. The second kappa shape index (κ2) is 7.43. The SMILES string of the molecule is Cc1ccc(Nc2oc(-c3cccs3)nc2S(=O)(=O)c2ccc(Cl)cc2)cc1. The molecule has 0 radical (unpaired) electrons. The van der Waals surface area contributed by atoms with Gasteiger partial charge in [-0.15, -0.1) is 11.3 Å². The van der Waals surface area contributed by atoms with Crippen molar-refractivity contribution in [3.63, 3.8) is 0 Å². The van der Waals surface area contributed by atoms with Crippen molar-refractivity contribution in [2.75, 3.05) is 5.32 Å². The lowest BCUT2D eigenvalue weighted by Gasteiger charge is -2.06. The van der Waals surface area contributed by atoms with Crippen LogP contribution < -0.4 is 5.32 Å². The summed E-state index contributed by atoms with van der Waals surface area (Å²) >= 11 is 7.31. The van der Waals surface area contributed by atoms with Gasteiger partial charge < -0.3 is 9.73 Å². The van der Waals surface area contributed by atoms with E-state index in [9.17, 15) is 8.42 Å². The zero-order valence-electron chi connectivity index (χ0n) is 14.7. The molecule has 2 heterocycles. The van der Waals surface area contributed by atoms with Crippen LogP contribution in [0.2, 0.25) is 5.02 Å². The Morgan fingerprint density at radius 1 is 1.04 bits per heavy atom. The fourth-order valence-corrected chi connectivity index (χ4v) is 4.60. The monoisotopic (exact) mass is 430 g/mol. The molecule has 0 aliphatic heterocycles. The molecule has 0 saturated carbocycles. The molecule has 0 aliphatic carbocycles. The molecular formula is C20H15ClN2O3S2. The van der Waals surface area contributed by atoms with E-state index in [0.717, 1.165) is 10.4 Å². The Morgan fingerprint density at radius 2 is 1.75 bits per heavy atom. The van der Waals surface area contributed by atoms with E-state index < -0.39 is 9.84 Å². The third-order valence-corrected chi connectivity index (χ3v) is 6.80. The lowest BCUT2D eigenvalue weighted by atomic mass is 10.2. The molecule has 0 atom stereocenters. The van der Waals surface area contributed by atoms with Crippen molar-refractivity contribution in [1.82, 2.24) is 4.98 Å². The van der Waals surface area contributed by atoms with Gasteiger partial charge in [0.1, 0.15) is 0 Å². The van der Waals surface area contributed by atoms with Crippen LogP contribution in [0.3, 0.4) is 0 Å². The van der Waals surface area contributed by atoms with E-state index in [1.54, 1.807) is 0 Å². The molecule has 8 heteroatoms. The first-order valence-corrected chi connectivity index (χ1v) is 11.1. The lowest BCUT2D eigenvalue weighted by Crippen LogP contribution is -2.05. The van der Waals surface area contributed by atoms with Crippen LogP contribution in [-0.2, 0) is 9.84 Å². The van der Waals surface area contributed by atoms with E-state index in [4.69, 9.17) is 16.0 Å². The van der Waals surface area contributed by atoms with Crippen molar-refractivity contribution in [1.29, 1.82) is 0 Å². The van der Waals surface area contributed by atoms with Crippen LogP contribution in [0.1, 0.15) is 5.56 Å². The van der Waals surface area contributed by atoms with E-state index >= 15 is 0 Å². The molecule has 28 heavy (non-hydrogen) atoms. The van der Waals surface area contributed by atoms with Crippen LogP contribution in [0.4, 0.5) is 11.6 Å². The molecule has 0 amide bonds. The molecule has 0 spiro atoms. The number of nitrogens with one attached hydrogen (secondary N) is 1. The number of aromatic nitrogens is 1. The molecule has 0 aliphatic rings. The number of aryl methyl sites for hydroxylation is 1. The van der Waals surface area contributed by atoms with Crippen molar-refractivity contribution in [3.8, 4) is 10.8 Å². The van der Waals surface area contributed by atoms with Crippen molar-refractivity contribution < 1.29 is 12.8 Å². The Labute approximate surface area is 171 Å². The van der Waals surface area contributed by atoms with E-state index in [1.807, 2.05) is 48.7 Å². The second-order valence-electron chi connectivity index (χ2n) is 6.08. The van der Waals surface area contributed by atoms with Crippen LogP contribution in [0, 0.1) is 6.92 Å². The first-order valence-electron chi connectivity index (χ1n) is 8.32. The van der Waals surface area contributed by atoms with Crippen molar-refractivity contribution >= 4 is 44.3 Å². The van der Waals surface area contributed by atoms with Gasteiger partial charge in [0.25, 0.3) is 0 Å². The molecule has 0 saturated heterocycles. The van der Waals surface area contributed by atoms with Gasteiger partial charge in [0, 0.05) is 10.7 Å². The van der Waals surface area contributed by atoms with E-state index in [0.29, 0.717) is 10.7 Å². The number of halogens is 1. The molecule has 1 N–H and O–H groups in total. The first kappa shape index (κ1) is 18.7. The van der Waals surface area contributed by atoms with Gasteiger partial charge in [0.2, 0.25) is 26.6 Å². The predicted molar refractivity (Wildman–Crippen MR) is 111 cm³/mol. The smallest absolute Gasteiger partial charge is 0.240 e. The van der Waals surface area contributed by atoms with Crippen molar-refractivity contribution in [2.24, 2.45) is 0 Å². The summed E-state index contributed by atoms with van der Waals surface area (Å²) in [5, 5.41) is 5.20. The fraction of sp³-hybridized carbons (Fsp3) is 0.0500. The predicted octanol–water partition coefficient (Wildman–Crippen LogP) is 5.94. The number of hydrogen-bond donors (Lipinski definition) is 1. The van der Waals surface area contributed by atoms with Gasteiger partial charge in [-0.1, -0.05) is 35.4 Å². The summed E-state index contributed by atoms with van der Waals surface area (Å²) in [5.41, 5.74) is 1.79. The van der Waals surface area contributed by atoms with Gasteiger partial charge in [-0.25, -0.2) is 8.42 Å². The highest BCUT2D eigenvalue weighted by Crippen LogP contribution is 2.35. The highest BCUT2D eigenvalue weighted by atomic mass is 35.5. The Kier molecular flexibility index (Phi) is 4.97. The van der Waals surface area contributed by atoms with Gasteiger partial charge in [0.15, 0.2) is 0 Å². The molecule has 0 fully saturated rings. The summed E-state index contributed by atoms with van der Waals surface area (Å²) in [6.07, 6.45) is 0. The van der Waals surface area contributed by atoms with Crippen molar-refractivity contribution in [3.05, 3.63) is 76.6 Å². The molecular weight excluding hydrogens is 416 g/mol. The zero-order chi connectivity index (χ0) is 19.7. The topological polar surface area (TPSA) is 72.2 Å². The first-order chi connectivity index (χ1) is 13.4. The summed E-state index contributed by atoms with van der Waals surface area (Å²) in [6, 6.07) is 17.2. The van der Waals surface area contributed by atoms with Crippen LogP contribution in [-0.4, -0.2) is 13.4 Å².